The van der Waals surface area contributed by atoms with Crippen molar-refractivity contribution in [1.82, 2.24) is 4.90 Å². The number of nitrogens with one attached hydrogen (secondary N) is 1. The first-order chi connectivity index (χ1) is 9.52. The second-order valence-corrected chi connectivity index (χ2v) is 5.01. The molecular formula is C13H15ClN2O4. The van der Waals surface area contributed by atoms with Gasteiger partial charge in [0.1, 0.15) is 0 Å². The van der Waals surface area contributed by atoms with E-state index in [0.29, 0.717) is 0 Å². The highest BCUT2D eigenvalue weighted by Gasteiger charge is 2.32. The normalized spacial score (nSPS) is 13.9. The zero-order valence-corrected chi connectivity index (χ0v) is 11.4. The van der Waals surface area contributed by atoms with Crippen molar-refractivity contribution in [2.24, 2.45) is 0 Å². The summed E-state index contributed by atoms with van der Waals surface area (Å²) in [5.41, 5.74) is 0.126. The van der Waals surface area contributed by atoms with Gasteiger partial charge in [0.15, 0.2) is 0 Å². The van der Waals surface area contributed by atoms with Crippen LogP contribution in [0.4, 0.5) is 10.5 Å². The van der Waals surface area contributed by atoms with E-state index in [0.717, 1.165) is 12.8 Å². The third-order valence-electron chi connectivity index (χ3n) is 3.04. The number of rotatable bonds is 5. The highest BCUT2D eigenvalue weighted by atomic mass is 35.5. The molecule has 0 radical (unpaired) electrons. The molecule has 0 bridgehead atoms. The fourth-order valence-electron chi connectivity index (χ4n) is 1.93. The maximum Gasteiger partial charge on any atom is 0.337 e. The number of anilines is 1. The first-order valence-corrected chi connectivity index (χ1v) is 6.62. The number of benzene rings is 1. The van der Waals surface area contributed by atoms with E-state index in [4.69, 9.17) is 21.8 Å². The lowest BCUT2D eigenvalue weighted by atomic mass is 10.2. The molecule has 1 aliphatic carbocycles. The maximum atomic E-state index is 12.1. The first kappa shape index (κ1) is 14.6. The molecule has 1 saturated carbocycles. The Kier molecular flexibility index (Phi) is 4.46. The molecule has 0 aliphatic heterocycles. The summed E-state index contributed by atoms with van der Waals surface area (Å²) in [7, 11) is 0. The molecule has 0 unspecified atom stereocenters. The number of amides is 2. The van der Waals surface area contributed by atoms with Gasteiger partial charge in [-0.25, -0.2) is 9.59 Å². The van der Waals surface area contributed by atoms with E-state index in [-0.39, 0.29) is 35.5 Å². The quantitative estimate of drug-likeness (QED) is 0.776. The van der Waals surface area contributed by atoms with Crippen LogP contribution in [0.5, 0.6) is 0 Å². The summed E-state index contributed by atoms with van der Waals surface area (Å²) < 4.78 is 0. The lowest BCUT2D eigenvalue weighted by Crippen LogP contribution is -2.39. The predicted molar refractivity (Wildman–Crippen MR) is 74.2 cm³/mol. The minimum atomic E-state index is -1.16. The largest absolute Gasteiger partial charge is 0.478 e. The van der Waals surface area contributed by atoms with Gasteiger partial charge in [0.05, 0.1) is 17.9 Å². The molecule has 1 aromatic rings. The number of hydrogen-bond donors (Lipinski definition) is 3. The van der Waals surface area contributed by atoms with Gasteiger partial charge in [-0.05, 0) is 31.0 Å². The molecule has 0 aromatic heterocycles. The molecule has 1 fully saturated rings. The molecule has 0 atom stereocenters. The average molecular weight is 299 g/mol. The number of carboxylic acids is 1. The van der Waals surface area contributed by atoms with Crippen LogP contribution in [0.2, 0.25) is 5.02 Å². The highest BCUT2D eigenvalue weighted by molar-refractivity contribution is 6.31. The molecule has 1 aromatic carbocycles. The molecule has 0 spiro atoms. The summed E-state index contributed by atoms with van der Waals surface area (Å²) in [4.78, 5) is 24.8. The van der Waals surface area contributed by atoms with Crippen LogP contribution in [-0.4, -0.2) is 46.3 Å². The van der Waals surface area contributed by atoms with E-state index in [1.165, 1.54) is 23.1 Å². The summed E-state index contributed by atoms with van der Waals surface area (Å²) in [6.07, 6.45) is 1.81. The smallest absolute Gasteiger partial charge is 0.337 e. The van der Waals surface area contributed by atoms with Gasteiger partial charge in [-0.15, -0.1) is 0 Å². The topological polar surface area (TPSA) is 89.9 Å². The van der Waals surface area contributed by atoms with Gasteiger partial charge in [-0.1, -0.05) is 11.6 Å². The van der Waals surface area contributed by atoms with Crippen molar-refractivity contribution >= 4 is 29.3 Å². The highest BCUT2D eigenvalue weighted by Crippen LogP contribution is 2.28. The number of aliphatic hydroxyl groups is 1. The summed E-state index contributed by atoms with van der Waals surface area (Å²) in [5.74, 6) is -1.16. The van der Waals surface area contributed by atoms with Crippen molar-refractivity contribution in [1.29, 1.82) is 0 Å². The number of urea groups is 1. The van der Waals surface area contributed by atoms with Crippen molar-refractivity contribution in [3.05, 3.63) is 28.8 Å². The second-order valence-electron chi connectivity index (χ2n) is 4.57. The molecule has 20 heavy (non-hydrogen) atoms. The fourth-order valence-corrected chi connectivity index (χ4v) is 2.11. The van der Waals surface area contributed by atoms with E-state index in [9.17, 15) is 9.59 Å². The monoisotopic (exact) mass is 298 g/mol. The minimum absolute atomic E-state index is 0.0643. The molecule has 2 rings (SSSR count). The van der Waals surface area contributed by atoms with Gasteiger partial charge in [0.25, 0.3) is 0 Å². The van der Waals surface area contributed by atoms with Gasteiger partial charge in [-0.2, -0.15) is 0 Å². The number of carbonyl (C=O) groups excluding carboxylic acids is 1. The molecule has 3 N–H and O–H groups in total. The number of aromatic carboxylic acids is 1. The van der Waals surface area contributed by atoms with Crippen molar-refractivity contribution < 1.29 is 19.8 Å². The fraction of sp³-hybridized carbons (Fsp3) is 0.385. The molecule has 0 saturated heterocycles. The van der Waals surface area contributed by atoms with Crippen LogP contribution >= 0.6 is 11.6 Å². The Bertz CT molecular complexity index is 531. The SMILES string of the molecule is O=C(O)c1cc(Cl)ccc1NC(=O)N(CCO)C1CC1. The molecule has 0 heterocycles. The van der Waals surface area contributed by atoms with Gasteiger partial charge < -0.3 is 20.4 Å². The van der Waals surface area contributed by atoms with Crippen molar-refractivity contribution in [3.63, 3.8) is 0 Å². The van der Waals surface area contributed by atoms with Gasteiger partial charge in [0, 0.05) is 17.6 Å². The summed E-state index contributed by atoms with van der Waals surface area (Å²) in [5, 5.41) is 20.9. The number of carbonyl (C=O) groups is 2. The Morgan fingerprint density at radius 1 is 1.40 bits per heavy atom. The zero-order valence-electron chi connectivity index (χ0n) is 10.7. The maximum absolute atomic E-state index is 12.1. The summed E-state index contributed by atoms with van der Waals surface area (Å²) >= 11 is 5.75. The van der Waals surface area contributed by atoms with Crippen molar-refractivity contribution in [3.8, 4) is 0 Å². The Labute approximate surface area is 121 Å². The Morgan fingerprint density at radius 3 is 2.65 bits per heavy atom. The van der Waals surface area contributed by atoms with Crippen LogP contribution in [0.15, 0.2) is 18.2 Å². The second kappa shape index (κ2) is 6.11. The van der Waals surface area contributed by atoms with E-state index >= 15 is 0 Å². The molecule has 2 amide bonds. The van der Waals surface area contributed by atoms with E-state index in [1.807, 2.05) is 0 Å². The van der Waals surface area contributed by atoms with E-state index < -0.39 is 12.0 Å². The third kappa shape index (κ3) is 3.40. The number of aliphatic hydroxyl groups excluding tert-OH is 1. The van der Waals surface area contributed by atoms with Crippen LogP contribution < -0.4 is 5.32 Å². The molecule has 1 aliphatic rings. The van der Waals surface area contributed by atoms with Gasteiger partial charge in [0.2, 0.25) is 0 Å². The van der Waals surface area contributed by atoms with Crippen LogP contribution in [0, 0.1) is 0 Å². The summed E-state index contributed by atoms with van der Waals surface area (Å²) in [6, 6.07) is 3.96. The van der Waals surface area contributed by atoms with Crippen LogP contribution in [0.1, 0.15) is 23.2 Å². The molecular weight excluding hydrogens is 284 g/mol. The molecule has 6 nitrogen and oxygen atoms in total. The minimum Gasteiger partial charge on any atom is -0.478 e. The van der Waals surface area contributed by atoms with Crippen molar-refractivity contribution in [2.45, 2.75) is 18.9 Å². The van der Waals surface area contributed by atoms with Crippen LogP contribution in [0.25, 0.3) is 0 Å². The third-order valence-corrected chi connectivity index (χ3v) is 3.28. The number of nitrogens with zero attached hydrogens (tertiary/aromatic N) is 1. The Hall–Kier alpha value is -1.79. The van der Waals surface area contributed by atoms with Gasteiger partial charge in [-0.3, -0.25) is 0 Å². The van der Waals surface area contributed by atoms with Gasteiger partial charge >= 0.3 is 12.0 Å². The lowest BCUT2D eigenvalue weighted by Gasteiger charge is -2.22. The number of carboxylic acid groups (broad SMARTS) is 1. The van der Waals surface area contributed by atoms with E-state index in [2.05, 4.69) is 5.32 Å². The van der Waals surface area contributed by atoms with E-state index in [1.54, 1.807) is 0 Å². The molecule has 7 heteroatoms. The lowest BCUT2D eigenvalue weighted by molar-refractivity contribution is 0.0698. The Balaban J connectivity index is 2.16. The number of hydrogen-bond acceptors (Lipinski definition) is 3. The predicted octanol–water partition coefficient (Wildman–Crippen LogP) is 2.03. The standard InChI is InChI=1S/C13H15ClN2O4/c14-8-1-4-11(10(7-8)12(18)19)15-13(20)16(5-6-17)9-2-3-9/h1,4,7,9,17H,2-3,5-6H2,(H,15,20)(H,18,19). The van der Waals surface area contributed by atoms with Crippen LogP contribution in [0.3, 0.4) is 0 Å². The average Bonchev–Trinajstić information content (AvgIpc) is 3.22. The van der Waals surface area contributed by atoms with Crippen molar-refractivity contribution in [2.75, 3.05) is 18.5 Å². The zero-order chi connectivity index (χ0) is 14.7. The Morgan fingerprint density at radius 2 is 2.10 bits per heavy atom. The number of halogens is 1. The summed E-state index contributed by atoms with van der Waals surface area (Å²) in [6.45, 7) is 0.100. The van der Waals surface area contributed by atoms with Crippen LogP contribution in [-0.2, 0) is 0 Å². The molecule has 108 valence electrons. The first-order valence-electron chi connectivity index (χ1n) is 6.24.